The number of rotatable bonds is 8. The average Bonchev–Trinajstić information content (AvgIpc) is 2.37. The molecule has 0 aliphatic carbocycles. The monoisotopic (exact) mass is 265 g/mol. The normalized spacial score (nSPS) is 14.4. The minimum absolute atomic E-state index is 0.211. The lowest BCUT2D eigenvalue weighted by atomic mass is 9.94. The van der Waals surface area contributed by atoms with Crippen LogP contribution in [0.4, 0.5) is 0 Å². The van der Waals surface area contributed by atoms with Gasteiger partial charge in [0.05, 0.1) is 12.7 Å². The summed E-state index contributed by atoms with van der Waals surface area (Å²) in [5, 5.41) is 3.48. The second-order valence-electron chi connectivity index (χ2n) is 5.26. The van der Waals surface area contributed by atoms with Crippen molar-refractivity contribution in [2.24, 2.45) is 0 Å². The Hall–Kier alpha value is -1.06. The molecule has 1 aromatic rings. The molecule has 0 heterocycles. The standard InChI is InChI=1S/C16H27NO2/c1-12(2)19-16-8-6-7-15(11-16)13(3)14(4)17-9-10-18-5/h6-8,11-14,17H,9-10H2,1-5H3. The van der Waals surface area contributed by atoms with E-state index in [1.54, 1.807) is 7.11 Å². The number of hydrogen-bond acceptors (Lipinski definition) is 3. The molecule has 0 bridgehead atoms. The van der Waals surface area contributed by atoms with Crippen molar-refractivity contribution in [2.45, 2.75) is 45.8 Å². The van der Waals surface area contributed by atoms with Gasteiger partial charge in [0.1, 0.15) is 5.75 Å². The number of methoxy groups -OCH3 is 1. The molecule has 3 nitrogen and oxygen atoms in total. The van der Waals surface area contributed by atoms with E-state index in [0.717, 1.165) is 18.9 Å². The van der Waals surface area contributed by atoms with Gasteiger partial charge >= 0.3 is 0 Å². The Morgan fingerprint density at radius 1 is 1.16 bits per heavy atom. The van der Waals surface area contributed by atoms with Gasteiger partial charge in [-0.05, 0) is 44.4 Å². The van der Waals surface area contributed by atoms with E-state index in [1.165, 1.54) is 5.56 Å². The molecule has 108 valence electrons. The molecule has 2 atom stereocenters. The van der Waals surface area contributed by atoms with Crippen molar-refractivity contribution in [3.63, 3.8) is 0 Å². The maximum absolute atomic E-state index is 5.74. The average molecular weight is 265 g/mol. The summed E-state index contributed by atoms with van der Waals surface area (Å²) >= 11 is 0. The first-order chi connectivity index (χ1) is 9.04. The molecule has 1 aromatic carbocycles. The fourth-order valence-electron chi connectivity index (χ4n) is 2.00. The van der Waals surface area contributed by atoms with Crippen LogP contribution in [-0.4, -0.2) is 32.4 Å². The first kappa shape index (κ1) is 16.0. The summed E-state index contributed by atoms with van der Waals surface area (Å²) in [7, 11) is 1.72. The van der Waals surface area contributed by atoms with Crippen molar-refractivity contribution >= 4 is 0 Å². The van der Waals surface area contributed by atoms with Gasteiger partial charge in [-0.1, -0.05) is 19.1 Å². The lowest BCUT2D eigenvalue weighted by molar-refractivity contribution is 0.195. The zero-order valence-corrected chi connectivity index (χ0v) is 12.8. The topological polar surface area (TPSA) is 30.5 Å². The van der Waals surface area contributed by atoms with Crippen LogP contribution < -0.4 is 10.1 Å². The van der Waals surface area contributed by atoms with E-state index < -0.39 is 0 Å². The van der Waals surface area contributed by atoms with E-state index in [2.05, 4.69) is 37.4 Å². The van der Waals surface area contributed by atoms with Crippen LogP contribution >= 0.6 is 0 Å². The van der Waals surface area contributed by atoms with E-state index in [1.807, 2.05) is 19.9 Å². The molecule has 0 amide bonds. The highest BCUT2D eigenvalue weighted by Gasteiger charge is 2.14. The molecule has 0 radical (unpaired) electrons. The Morgan fingerprint density at radius 2 is 1.89 bits per heavy atom. The Labute approximate surface area is 117 Å². The van der Waals surface area contributed by atoms with Gasteiger partial charge < -0.3 is 14.8 Å². The smallest absolute Gasteiger partial charge is 0.119 e. The third-order valence-electron chi connectivity index (χ3n) is 3.28. The molecule has 1 rings (SSSR count). The molecule has 0 fully saturated rings. The highest BCUT2D eigenvalue weighted by Crippen LogP contribution is 2.23. The van der Waals surface area contributed by atoms with Crippen LogP contribution in [0, 0.1) is 0 Å². The Balaban J connectivity index is 2.62. The van der Waals surface area contributed by atoms with Crippen LogP contribution in [0.1, 0.15) is 39.2 Å². The highest BCUT2D eigenvalue weighted by atomic mass is 16.5. The van der Waals surface area contributed by atoms with Gasteiger partial charge in [-0.15, -0.1) is 0 Å². The van der Waals surface area contributed by atoms with Gasteiger partial charge in [0.2, 0.25) is 0 Å². The van der Waals surface area contributed by atoms with Crippen molar-refractivity contribution in [2.75, 3.05) is 20.3 Å². The summed E-state index contributed by atoms with van der Waals surface area (Å²) in [6.45, 7) is 10.2. The molecule has 0 aromatic heterocycles. The van der Waals surface area contributed by atoms with Crippen LogP contribution in [0.5, 0.6) is 5.75 Å². The molecule has 3 heteroatoms. The van der Waals surface area contributed by atoms with Crippen molar-refractivity contribution in [3.8, 4) is 5.75 Å². The fraction of sp³-hybridized carbons (Fsp3) is 0.625. The van der Waals surface area contributed by atoms with E-state index in [9.17, 15) is 0 Å². The SMILES string of the molecule is COCCNC(C)C(C)c1cccc(OC(C)C)c1. The molecular weight excluding hydrogens is 238 g/mol. The maximum atomic E-state index is 5.74. The molecule has 0 spiro atoms. The van der Waals surface area contributed by atoms with Crippen molar-refractivity contribution < 1.29 is 9.47 Å². The van der Waals surface area contributed by atoms with Crippen molar-refractivity contribution in [1.29, 1.82) is 0 Å². The van der Waals surface area contributed by atoms with Crippen LogP contribution in [0.25, 0.3) is 0 Å². The molecule has 19 heavy (non-hydrogen) atoms. The Bertz CT molecular complexity index is 366. The molecule has 0 saturated carbocycles. The van der Waals surface area contributed by atoms with Crippen LogP contribution in [-0.2, 0) is 4.74 Å². The Kier molecular flexibility index (Phi) is 6.89. The second-order valence-corrected chi connectivity index (χ2v) is 5.26. The number of nitrogens with one attached hydrogen (secondary N) is 1. The van der Waals surface area contributed by atoms with Gasteiger partial charge in [-0.2, -0.15) is 0 Å². The third kappa shape index (κ3) is 5.62. The van der Waals surface area contributed by atoms with Crippen LogP contribution in [0.15, 0.2) is 24.3 Å². The second kappa shape index (κ2) is 8.18. The van der Waals surface area contributed by atoms with E-state index in [-0.39, 0.29) is 6.10 Å². The lowest BCUT2D eigenvalue weighted by Gasteiger charge is -2.22. The summed E-state index contributed by atoms with van der Waals surface area (Å²) in [6.07, 6.45) is 0.211. The number of ether oxygens (including phenoxy) is 2. The van der Waals surface area contributed by atoms with Gasteiger partial charge in [-0.25, -0.2) is 0 Å². The summed E-state index contributed by atoms with van der Waals surface area (Å²) in [6, 6.07) is 8.78. The van der Waals surface area contributed by atoms with E-state index in [4.69, 9.17) is 9.47 Å². The van der Waals surface area contributed by atoms with Crippen molar-refractivity contribution in [1.82, 2.24) is 5.32 Å². The first-order valence-electron chi connectivity index (χ1n) is 7.03. The van der Waals surface area contributed by atoms with Gasteiger partial charge in [-0.3, -0.25) is 0 Å². The Morgan fingerprint density at radius 3 is 2.53 bits per heavy atom. The zero-order valence-electron chi connectivity index (χ0n) is 12.8. The highest BCUT2D eigenvalue weighted by molar-refractivity contribution is 5.31. The lowest BCUT2D eigenvalue weighted by Crippen LogP contribution is -2.33. The molecular formula is C16H27NO2. The first-order valence-corrected chi connectivity index (χ1v) is 7.03. The van der Waals surface area contributed by atoms with Gasteiger partial charge in [0, 0.05) is 19.7 Å². The minimum atomic E-state index is 0.211. The van der Waals surface area contributed by atoms with Crippen LogP contribution in [0.3, 0.4) is 0 Å². The predicted molar refractivity (Wildman–Crippen MR) is 80.0 cm³/mol. The number of hydrogen-bond donors (Lipinski definition) is 1. The van der Waals surface area contributed by atoms with Gasteiger partial charge in [0.15, 0.2) is 0 Å². The summed E-state index contributed by atoms with van der Waals surface area (Å²) in [5.41, 5.74) is 1.30. The third-order valence-corrected chi connectivity index (χ3v) is 3.28. The quantitative estimate of drug-likeness (QED) is 0.732. The predicted octanol–water partition coefficient (Wildman–Crippen LogP) is 3.20. The van der Waals surface area contributed by atoms with Crippen LogP contribution in [0.2, 0.25) is 0 Å². The number of benzene rings is 1. The van der Waals surface area contributed by atoms with Gasteiger partial charge in [0.25, 0.3) is 0 Å². The molecule has 0 saturated heterocycles. The summed E-state index contributed by atoms with van der Waals surface area (Å²) in [4.78, 5) is 0. The molecule has 2 unspecified atom stereocenters. The van der Waals surface area contributed by atoms with Crippen molar-refractivity contribution in [3.05, 3.63) is 29.8 Å². The molecule has 1 N–H and O–H groups in total. The van der Waals surface area contributed by atoms with E-state index >= 15 is 0 Å². The largest absolute Gasteiger partial charge is 0.491 e. The molecule has 0 aliphatic rings. The molecule has 0 aliphatic heterocycles. The minimum Gasteiger partial charge on any atom is -0.491 e. The fourth-order valence-corrected chi connectivity index (χ4v) is 2.00. The van der Waals surface area contributed by atoms with E-state index in [0.29, 0.717) is 12.0 Å². The maximum Gasteiger partial charge on any atom is 0.119 e. The summed E-state index contributed by atoms with van der Waals surface area (Å²) < 4.78 is 10.8. The summed E-state index contributed by atoms with van der Waals surface area (Å²) in [5.74, 6) is 1.39. The zero-order chi connectivity index (χ0) is 14.3.